The average Bonchev–Trinajstić information content (AvgIpc) is 2.85. The van der Waals surface area contributed by atoms with Crippen LogP contribution < -0.4 is 5.73 Å². The van der Waals surface area contributed by atoms with E-state index in [9.17, 15) is 0 Å². The average molecular weight is 370 g/mol. The summed E-state index contributed by atoms with van der Waals surface area (Å²) in [6.07, 6.45) is 0.611. The first-order valence-corrected chi connectivity index (χ1v) is 8.58. The maximum absolute atomic E-state index is 6.13. The highest BCUT2D eigenvalue weighted by molar-refractivity contribution is 9.10. The third-order valence-electron chi connectivity index (χ3n) is 3.20. The molecule has 2 aromatic rings. The van der Waals surface area contributed by atoms with Gasteiger partial charge in [-0.25, -0.2) is 0 Å². The van der Waals surface area contributed by atoms with Crippen molar-refractivity contribution in [1.29, 1.82) is 0 Å². The Morgan fingerprint density at radius 1 is 1.29 bits per heavy atom. The molecule has 0 spiro atoms. The van der Waals surface area contributed by atoms with Crippen LogP contribution in [0.25, 0.3) is 0 Å². The summed E-state index contributed by atoms with van der Waals surface area (Å²) in [7, 11) is 0. The molecule has 0 radical (unpaired) electrons. The molecule has 0 bridgehead atoms. The Hall–Kier alpha value is -0.850. The molecule has 21 heavy (non-hydrogen) atoms. The van der Waals surface area contributed by atoms with Crippen LogP contribution in [0.2, 0.25) is 0 Å². The zero-order valence-corrected chi connectivity index (χ0v) is 14.9. The molecule has 0 fully saturated rings. The van der Waals surface area contributed by atoms with Crippen molar-refractivity contribution < 1.29 is 4.52 Å². The fourth-order valence-electron chi connectivity index (χ4n) is 1.60. The standard InChI is InChI=1S/C15H20BrN3OS/c1-15(2,3)12(17)8-14-18-13(19-20-14)9-21-11-6-4-10(16)5-7-11/h4-7,12H,8-9,17H2,1-3H3. The van der Waals surface area contributed by atoms with Crippen molar-refractivity contribution in [2.24, 2.45) is 11.1 Å². The minimum absolute atomic E-state index is 0.00456. The van der Waals surface area contributed by atoms with E-state index < -0.39 is 0 Å². The SMILES string of the molecule is CC(C)(C)C(N)Cc1nc(CSc2ccc(Br)cc2)no1. The molecule has 1 aromatic carbocycles. The molecule has 1 heterocycles. The largest absolute Gasteiger partial charge is 0.339 e. The number of rotatable bonds is 5. The molecule has 6 heteroatoms. The van der Waals surface area contributed by atoms with E-state index in [-0.39, 0.29) is 11.5 Å². The van der Waals surface area contributed by atoms with Crippen LogP contribution in [0, 0.1) is 5.41 Å². The van der Waals surface area contributed by atoms with Gasteiger partial charge in [0.05, 0.1) is 5.75 Å². The molecule has 2 N–H and O–H groups in total. The van der Waals surface area contributed by atoms with Crippen molar-refractivity contribution in [3.63, 3.8) is 0 Å². The molecule has 0 aliphatic heterocycles. The molecule has 114 valence electrons. The lowest BCUT2D eigenvalue weighted by molar-refractivity contribution is 0.285. The van der Waals surface area contributed by atoms with Gasteiger partial charge in [0.2, 0.25) is 5.89 Å². The van der Waals surface area contributed by atoms with E-state index in [1.165, 1.54) is 4.90 Å². The molecule has 0 saturated heterocycles. The van der Waals surface area contributed by atoms with Gasteiger partial charge in [-0.3, -0.25) is 0 Å². The molecule has 2 rings (SSSR count). The summed E-state index contributed by atoms with van der Waals surface area (Å²) in [5.74, 6) is 2.01. The number of hydrogen-bond acceptors (Lipinski definition) is 5. The van der Waals surface area contributed by atoms with Crippen LogP contribution in [-0.2, 0) is 12.2 Å². The summed E-state index contributed by atoms with van der Waals surface area (Å²) < 4.78 is 6.35. The van der Waals surface area contributed by atoms with Crippen molar-refractivity contribution in [2.75, 3.05) is 0 Å². The fraction of sp³-hybridized carbons (Fsp3) is 0.467. The highest BCUT2D eigenvalue weighted by Gasteiger charge is 2.23. The smallest absolute Gasteiger partial charge is 0.228 e. The number of aromatic nitrogens is 2. The molecule has 0 saturated carbocycles. The van der Waals surface area contributed by atoms with Crippen LogP contribution in [-0.4, -0.2) is 16.2 Å². The van der Waals surface area contributed by atoms with Crippen molar-refractivity contribution in [3.05, 3.63) is 40.5 Å². The van der Waals surface area contributed by atoms with Crippen LogP contribution in [0.3, 0.4) is 0 Å². The first kappa shape index (κ1) is 16.5. The zero-order chi connectivity index (χ0) is 15.5. The van der Waals surface area contributed by atoms with Gasteiger partial charge >= 0.3 is 0 Å². The quantitative estimate of drug-likeness (QED) is 0.805. The Bertz CT molecular complexity index is 577. The third-order valence-corrected chi connectivity index (χ3v) is 4.74. The van der Waals surface area contributed by atoms with Crippen LogP contribution in [0.1, 0.15) is 32.5 Å². The van der Waals surface area contributed by atoms with Gasteiger partial charge in [-0.2, -0.15) is 4.98 Å². The van der Waals surface area contributed by atoms with Crippen molar-refractivity contribution in [3.8, 4) is 0 Å². The Morgan fingerprint density at radius 2 is 1.95 bits per heavy atom. The molecule has 0 aliphatic rings. The normalized spacial score (nSPS) is 13.4. The van der Waals surface area contributed by atoms with Crippen LogP contribution >= 0.6 is 27.7 Å². The highest BCUT2D eigenvalue weighted by atomic mass is 79.9. The number of nitrogens with zero attached hydrogens (tertiary/aromatic N) is 2. The highest BCUT2D eigenvalue weighted by Crippen LogP contribution is 2.24. The zero-order valence-electron chi connectivity index (χ0n) is 12.5. The molecule has 1 aromatic heterocycles. The summed E-state index contributed by atoms with van der Waals surface area (Å²) in [5.41, 5.74) is 6.16. The van der Waals surface area contributed by atoms with E-state index in [0.29, 0.717) is 23.9 Å². The van der Waals surface area contributed by atoms with Gasteiger partial charge in [0, 0.05) is 21.8 Å². The number of benzene rings is 1. The second-order valence-electron chi connectivity index (χ2n) is 6.02. The molecule has 1 unspecified atom stereocenters. The number of nitrogens with two attached hydrogens (primary N) is 1. The second kappa shape index (κ2) is 6.94. The van der Waals surface area contributed by atoms with Gasteiger partial charge < -0.3 is 10.3 Å². The Kier molecular flexibility index (Phi) is 5.46. The van der Waals surface area contributed by atoms with E-state index in [4.69, 9.17) is 10.3 Å². The van der Waals surface area contributed by atoms with Crippen LogP contribution in [0.15, 0.2) is 38.2 Å². The number of hydrogen-bond donors (Lipinski definition) is 1. The fourth-order valence-corrected chi connectivity index (χ4v) is 2.61. The van der Waals surface area contributed by atoms with Gasteiger partial charge in [0.1, 0.15) is 0 Å². The maximum atomic E-state index is 6.13. The molecule has 0 aliphatic carbocycles. The monoisotopic (exact) mass is 369 g/mol. The minimum Gasteiger partial charge on any atom is -0.339 e. The first-order chi connectivity index (χ1) is 9.84. The Morgan fingerprint density at radius 3 is 2.57 bits per heavy atom. The number of halogens is 1. The van der Waals surface area contributed by atoms with E-state index in [2.05, 4.69) is 59.0 Å². The van der Waals surface area contributed by atoms with Crippen molar-refractivity contribution in [2.45, 2.75) is 43.9 Å². The molecular weight excluding hydrogens is 350 g/mol. The van der Waals surface area contributed by atoms with Crippen molar-refractivity contribution in [1.82, 2.24) is 10.1 Å². The lowest BCUT2D eigenvalue weighted by Gasteiger charge is -2.25. The van der Waals surface area contributed by atoms with Crippen LogP contribution in [0.4, 0.5) is 0 Å². The van der Waals surface area contributed by atoms with Gasteiger partial charge in [0.25, 0.3) is 0 Å². The second-order valence-corrected chi connectivity index (χ2v) is 7.99. The number of thioether (sulfide) groups is 1. The molecule has 4 nitrogen and oxygen atoms in total. The summed E-state index contributed by atoms with van der Waals surface area (Å²) in [6, 6.07) is 8.17. The van der Waals surface area contributed by atoms with Crippen LogP contribution in [0.5, 0.6) is 0 Å². The summed E-state index contributed by atoms with van der Waals surface area (Å²) >= 11 is 5.11. The molecule has 1 atom stereocenters. The van der Waals surface area contributed by atoms with Gasteiger partial charge in [0.15, 0.2) is 5.82 Å². The Balaban J connectivity index is 1.90. The topological polar surface area (TPSA) is 64.9 Å². The summed E-state index contributed by atoms with van der Waals surface area (Å²) in [5, 5.41) is 4.01. The molecule has 0 amide bonds. The predicted octanol–water partition coefficient (Wildman–Crippen LogP) is 4.04. The predicted molar refractivity (Wildman–Crippen MR) is 89.1 cm³/mol. The van der Waals surface area contributed by atoms with E-state index in [1.807, 2.05) is 12.1 Å². The Labute approximate surface area is 138 Å². The summed E-state index contributed by atoms with van der Waals surface area (Å²) in [4.78, 5) is 5.59. The minimum atomic E-state index is 0.00456. The lowest BCUT2D eigenvalue weighted by atomic mass is 9.85. The summed E-state index contributed by atoms with van der Waals surface area (Å²) in [6.45, 7) is 6.33. The van der Waals surface area contributed by atoms with E-state index in [1.54, 1.807) is 11.8 Å². The van der Waals surface area contributed by atoms with Gasteiger partial charge in [-0.15, -0.1) is 11.8 Å². The van der Waals surface area contributed by atoms with Gasteiger partial charge in [-0.05, 0) is 29.7 Å². The van der Waals surface area contributed by atoms with E-state index >= 15 is 0 Å². The molecular formula is C15H20BrN3OS. The first-order valence-electron chi connectivity index (χ1n) is 6.80. The third kappa shape index (κ3) is 5.13. The maximum Gasteiger partial charge on any atom is 0.228 e. The van der Waals surface area contributed by atoms with E-state index in [0.717, 1.165) is 4.47 Å². The van der Waals surface area contributed by atoms with Crippen molar-refractivity contribution >= 4 is 27.7 Å². The lowest BCUT2D eigenvalue weighted by Crippen LogP contribution is -2.36. The van der Waals surface area contributed by atoms with Gasteiger partial charge in [-0.1, -0.05) is 41.9 Å².